The molecule has 25 nitrogen and oxygen atoms in total. The molecular formula is C88H161O25P. The summed E-state index contributed by atoms with van der Waals surface area (Å²) >= 11 is 0. The van der Waals surface area contributed by atoms with Gasteiger partial charge in [0.2, 0.25) is 0 Å². The summed E-state index contributed by atoms with van der Waals surface area (Å²) in [7, 11) is -5.81. The number of allylic oxidation sites excluding steroid dienone is 4. The SMILES string of the molecule is CCCCCCCC/C=C\CCCCCC(=O)OCC(COP(=O)(O)OC1C(OC2OC(CO)C(O)C(O)C2O)C(O)C(O)C(OC(=O)CCCCC/C=C\CCCCCCCC)C1OC1OC(COC(=O)CCCCCCCCC(C)CCCCCCCC)C(O)C(O)C1O)OC(=O)CCCCCCCCCCCCCCC. The van der Waals surface area contributed by atoms with E-state index >= 15 is 0 Å². The number of unbranched alkanes of at least 4 members (excludes halogenated alkanes) is 40. The largest absolute Gasteiger partial charge is 0.472 e. The van der Waals surface area contributed by atoms with Crippen LogP contribution in [0.1, 0.15) is 375 Å². The smallest absolute Gasteiger partial charge is 0.463 e. The van der Waals surface area contributed by atoms with Gasteiger partial charge in [0.15, 0.2) is 24.8 Å². The first-order valence-corrected chi connectivity index (χ1v) is 47.0. The number of ether oxygens (including phenoxy) is 8. The third kappa shape index (κ3) is 47.2. The number of rotatable bonds is 72. The van der Waals surface area contributed by atoms with Crippen LogP contribution >= 0.6 is 7.82 Å². The van der Waals surface area contributed by atoms with E-state index in [4.69, 9.17) is 46.9 Å². The van der Waals surface area contributed by atoms with Crippen molar-refractivity contribution < 1.29 is 122 Å². The van der Waals surface area contributed by atoms with Crippen LogP contribution in [0.3, 0.4) is 0 Å². The lowest BCUT2D eigenvalue weighted by Gasteiger charge is -2.50. The van der Waals surface area contributed by atoms with Crippen molar-refractivity contribution in [3.8, 4) is 0 Å². The Hall–Kier alpha value is -3.05. The van der Waals surface area contributed by atoms with E-state index in [2.05, 4.69) is 58.9 Å². The number of esters is 4. The van der Waals surface area contributed by atoms with Crippen LogP contribution in [-0.4, -0.2) is 205 Å². The van der Waals surface area contributed by atoms with Crippen molar-refractivity contribution in [3.05, 3.63) is 24.3 Å². The molecule has 2 heterocycles. The first-order chi connectivity index (χ1) is 55.1. The fourth-order valence-electron chi connectivity index (χ4n) is 15.0. The molecule has 0 spiro atoms. The molecule has 0 aromatic carbocycles. The summed E-state index contributed by atoms with van der Waals surface area (Å²) in [5.41, 5.74) is 0. The molecule has 2 saturated heterocycles. The first kappa shape index (κ1) is 105. The summed E-state index contributed by atoms with van der Waals surface area (Å²) in [4.78, 5) is 66.3. The Kier molecular flexibility index (Phi) is 61.5. The minimum Gasteiger partial charge on any atom is -0.463 e. The minimum atomic E-state index is -5.81. The molecule has 0 aromatic heterocycles. The molecule has 19 unspecified atom stereocenters. The van der Waals surface area contributed by atoms with E-state index in [-0.39, 0.29) is 32.1 Å². The van der Waals surface area contributed by atoms with E-state index in [0.29, 0.717) is 38.0 Å². The second-order valence-electron chi connectivity index (χ2n) is 32.7. The molecule has 0 radical (unpaired) electrons. The summed E-state index contributed by atoms with van der Waals surface area (Å²) in [6.45, 7) is 7.85. The second-order valence-corrected chi connectivity index (χ2v) is 34.1. The van der Waals surface area contributed by atoms with Gasteiger partial charge in [0.05, 0.1) is 13.2 Å². The van der Waals surface area contributed by atoms with E-state index in [1.54, 1.807) is 0 Å². The van der Waals surface area contributed by atoms with Gasteiger partial charge in [0.25, 0.3) is 0 Å². The summed E-state index contributed by atoms with van der Waals surface area (Å²) in [5, 5.41) is 102. The fourth-order valence-corrected chi connectivity index (χ4v) is 15.9. The number of phosphoric acid groups is 1. The van der Waals surface area contributed by atoms with Crippen LogP contribution in [0, 0.1) is 5.92 Å². The topological polar surface area (TPSA) is 380 Å². The molecule has 0 bridgehead atoms. The third-order valence-corrected chi connectivity index (χ3v) is 23.3. The van der Waals surface area contributed by atoms with Gasteiger partial charge in [0.1, 0.15) is 92.6 Å². The van der Waals surface area contributed by atoms with Crippen molar-refractivity contribution in [2.75, 3.05) is 26.4 Å². The second kappa shape index (κ2) is 66.6. The predicted molar refractivity (Wildman–Crippen MR) is 439 cm³/mol. The number of hydrogen-bond donors (Lipinski definition) is 10. The fraction of sp³-hybridized carbons (Fsp3) is 0.909. The zero-order valence-electron chi connectivity index (χ0n) is 71.0. The summed E-state index contributed by atoms with van der Waals surface area (Å²) in [6.07, 6.45) is 23.5. The molecule has 19 atom stereocenters. The molecule has 0 amide bonds. The summed E-state index contributed by atoms with van der Waals surface area (Å²) < 4.78 is 73.2. The Labute approximate surface area is 685 Å². The van der Waals surface area contributed by atoms with Gasteiger partial charge in [-0.15, -0.1) is 0 Å². The van der Waals surface area contributed by atoms with Crippen molar-refractivity contribution in [2.24, 2.45) is 5.92 Å². The highest BCUT2D eigenvalue weighted by Gasteiger charge is 2.60. The van der Waals surface area contributed by atoms with Crippen LogP contribution in [0.15, 0.2) is 24.3 Å². The van der Waals surface area contributed by atoms with Gasteiger partial charge in [-0.3, -0.25) is 28.2 Å². The molecule has 3 aliphatic rings. The third-order valence-electron chi connectivity index (χ3n) is 22.3. The molecule has 3 fully saturated rings. The van der Waals surface area contributed by atoms with Crippen LogP contribution < -0.4 is 0 Å². The maximum absolute atomic E-state index is 14.9. The maximum atomic E-state index is 14.9. The first-order valence-electron chi connectivity index (χ1n) is 45.5. The number of aliphatic hydroxyl groups is 9. The predicted octanol–water partition coefficient (Wildman–Crippen LogP) is 16.0. The van der Waals surface area contributed by atoms with Crippen molar-refractivity contribution in [1.82, 2.24) is 0 Å². The minimum absolute atomic E-state index is 0.0126. The van der Waals surface area contributed by atoms with Gasteiger partial charge in [0, 0.05) is 25.7 Å². The Morgan fingerprint density at radius 3 is 1.14 bits per heavy atom. The lowest BCUT2D eigenvalue weighted by atomic mass is 9.84. The molecule has 26 heteroatoms. The summed E-state index contributed by atoms with van der Waals surface area (Å²) in [5.74, 6) is -2.32. The number of hydrogen-bond acceptors (Lipinski definition) is 24. The normalized spacial score (nSPS) is 25.7. The molecule has 0 aromatic rings. The van der Waals surface area contributed by atoms with Gasteiger partial charge in [-0.05, 0) is 83.0 Å². The zero-order chi connectivity index (χ0) is 83.4. The van der Waals surface area contributed by atoms with Gasteiger partial charge in [-0.25, -0.2) is 4.57 Å². The van der Waals surface area contributed by atoms with Crippen molar-refractivity contribution in [2.45, 2.75) is 479 Å². The molecule has 10 N–H and O–H groups in total. The average molecular weight is 1650 g/mol. The molecule has 668 valence electrons. The Morgan fingerprint density at radius 1 is 0.368 bits per heavy atom. The van der Waals surface area contributed by atoms with Crippen molar-refractivity contribution >= 4 is 31.7 Å². The molecule has 3 rings (SSSR count). The van der Waals surface area contributed by atoms with Crippen LogP contribution in [0.25, 0.3) is 0 Å². The van der Waals surface area contributed by atoms with E-state index in [0.717, 1.165) is 122 Å². The number of carbonyl (C=O) groups is 4. The Bertz CT molecular complexity index is 2490. The van der Waals surface area contributed by atoms with Crippen molar-refractivity contribution in [1.29, 1.82) is 0 Å². The van der Waals surface area contributed by atoms with Gasteiger partial charge in [-0.1, -0.05) is 296 Å². The van der Waals surface area contributed by atoms with Crippen LogP contribution in [0.4, 0.5) is 0 Å². The average Bonchev–Trinajstić information content (AvgIpc) is 0.755. The summed E-state index contributed by atoms with van der Waals surface area (Å²) in [6, 6.07) is 0. The highest BCUT2D eigenvalue weighted by molar-refractivity contribution is 7.47. The van der Waals surface area contributed by atoms with E-state index < -0.39 is 162 Å². The van der Waals surface area contributed by atoms with Crippen molar-refractivity contribution in [3.63, 3.8) is 0 Å². The number of aliphatic hydroxyl groups excluding tert-OH is 9. The van der Waals surface area contributed by atoms with Gasteiger partial charge >= 0.3 is 31.7 Å². The highest BCUT2D eigenvalue weighted by atomic mass is 31.2. The lowest BCUT2D eigenvalue weighted by molar-refractivity contribution is -0.360. The number of phosphoric ester groups is 1. The molecule has 1 aliphatic carbocycles. The molecule has 1 saturated carbocycles. The Morgan fingerprint density at radius 2 is 0.711 bits per heavy atom. The van der Waals surface area contributed by atoms with Crippen LogP contribution in [-0.2, 0) is 70.7 Å². The monoisotopic (exact) mass is 1650 g/mol. The quantitative estimate of drug-likeness (QED) is 0.00889. The molecule has 114 heavy (non-hydrogen) atoms. The Balaban J connectivity index is 1.94. The van der Waals surface area contributed by atoms with E-state index in [1.807, 2.05) is 0 Å². The van der Waals surface area contributed by atoms with Gasteiger partial charge < -0.3 is 88.7 Å². The van der Waals surface area contributed by atoms with Gasteiger partial charge in [-0.2, -0.15) is 0 Å². The van der Waals surface area contributed by atoms with E-state index in [9.17, 15) is 74.6 Å². The maximum Gasteiger partial charge on any atom is 0.472 e. The highest BCUT2D eigenvalue weighted by Crippen LogP contribution is 2.49. The number of carbonyl (C=O) groups excluding carboxylic acids is 4. The lowest BCUT2D eigenvalue weighted by Crippen LogP contribution is -2.70. The zero-order valence-corrected chi connectivity index (χ0v) is 71.9. The van der Waals surface area contributed by atoms with Crippen LogP contribution in [0.5, 0.6) is 0 Å². The van der Waals surface area contributed by atoms with Crippen LogP contribution in [0.2, 0.25) is 0 Å². The molecular weight excluding hydrogens is 1490 g/mol. The van der Waals surface area contributed by atoms with E-state index in [1.165, 1.54) is 154 Å². The standard InChI is InChI=1S/C88H161O25P/c1-6-10-14-18-22-25-28-31-34-37-40-47-53-59-71(90)104-64-68(107-73(92)61-55-49-41-38-35-32-29-26-23-19-15-11-7-2)65-106-114(102,103)113-86-84(111-87-81(100)77(96)75(94)69(63-89)108-87)80(99)79(98)83(110-74(93)62-56-50-42-39-36-33-30-27-24-20-16-12-8-3)85(86)112-88-82(101)78(97)76(95)70(109-88)66-105-72(91)60-54-48-44-43-46-52-58-67(5)57-51-45-21-17-13-9-4/h31,33-34,36,67-70,75-89,94-101H,6-30,32,35,37-66H2,1-5H3,(H,102,103)/b34-31-,36-33-. The molecule has 2 aliphatic heterocycles.